The van der Waals surface area contributed by atoms with Crippen molar-refractivity contribution in [1.29, 1.82) is 0 Å². The molecule has 1 aromatic heterocycles. The molecule has 2 aromatic rings. The topological polar surface area (TPSA) is 93.5 Å². The summed E-state index contributed by atoms with van der Waals surface area (Å²) in [7, 11) is -1.91. The van der Waals surface area contributed by atoms with E-state index in [2.05, 4.69) is 10.3 Å². The molecule has 0 spiro atoms. The largest absolute Gasteiger partial charge is 0.490 e. The second-order valence-corrected chi connectivity index (χ2v) is 8.14. The normalized spacial score (nSPS) is 24.7. The second kappa shape index (κ2) is 5.85. The first kappa shape index (κ1) is 16.1. The number of carbonyl (C=O) groups is 1. The van der Waals surface area contributed by atoms with Crippen molar-refractivity contribution >= 4 is 15.9 Å². The lowest BCUT2D eigenvalue weighted by Gasteiger charge is -2.19. The molecule has 8 nitrogen and oxygen atoms in total. The third-order valence-corrected chi connectivity index (χ3v) is 6.57. The fraction of sp³-hybridized carbons (Fsp3) is 0.375. The second-order valence-electron chi connectivity index (χ2n) is 6.28. The van der Waals surface area contributed by atoms with Crippen LogP contribution in [0, 0.1) is 0 Å². The number of sulfonamides is 1. The number of hydrogen-bond donors (Lipinski definition) is 1. The minimum Gasteiger partial charge on any atom is -0.490 e. The summed E-state index contributed by atoms with van der Waals surface area (Å²) >= 11 is 0. The van der Waals surface area contributed by atoms with Crippen molar-refractivity contribution in [3.05, 3.63) is 42.5 Å². The summed E-state index contributed by atoms with van der Waals surface area (Å²) in [6.45, 7) is 0.503. The Morgan fingerprint density at radius 2 is 2.16 bits per heavy atom. The zero-order valence-corrected chi connectivity index (χ0v) is 14.4. The van der Waals surface area contributed by atoms with Crippen LogP contribution in [0.5, 0.6) is 5.75 Å². The fourth-order valence-corrected chi connectivity index (χ4v) is 5.17. The van der Waals surface area contributed by atoms with E-state index in [1.165, 1.54) is 10.5 Å². The highest BCUT2D eigenvalue weighted by Gasteiger charge is 2.44. The van der Waals surface area contributed by atoms with Crippen LogP contribution in [0.25, 0.3) is 0 Å². The molecule has 0 radical (unpaired) electrons. The standard InChI is InChI=1S/C16H18N4O4S/c1-19-10-17-7-13(19)16(21)18-11-6-12-9-24-14-4-2-3-5-15(14)25(22,23)20(12)8-11/h2-5,7,10-12H,6,8-9H2,1H3,(H,18,21)/t11-,12-/m0/s1. The van der Waals surface area contributed by atoms with Gasteiger partial charge in [0.1, 0.15) is 22.9 Å². The van der Waals surface area contributed by atoms with Crippen LogP contribution in [0.3, 0.4) is 0 Å². The van der Waals surface area contributed by atoms with Crippen LogP contribution in [-0.4, -0.2) is 53.4 Å². The first-order valence-corrected chi connectivity index (χ1v) is 9.41. The van der Waals surface area contributed by atoms with Gasteiger partial charge >= 0.3 is 0 Å². The minimum absolute atomic E-state index is 0.177. The molecule has 2 aliphatic heterocycles. The Morgan fingerprint density at radius 1 is 1.36 bits per heavy atom. The van der Waals surface area contributed by atoms with Gasteiger partial charge in [-0.2, -0.15) is 4.31 Å². The molecule has 1 aromatic carbocycles. The van der Waals surface area contributed by atoms with Gasteiger partial charge in [0.25, 0.3) is 5.91 Å². The third-order valence-electron chi connectivity index (χ3n) is 4.62. The Labute approximate surface area is 145 Å². The Balaban J connectivity index is 1.56. The van der Waals surface area contributed by atoms with Crippen LogP contribution in [0.4, 0.5) is 0 Å². The van der Waals surface area contributed by atoms with Gasteiger partial charge in [0.05, 0.1) is 18.6 Å². The number of amides is 1. The number of benzene rings is 1. The van der Waals surface area contributed by atoms with Gasteiger partial charge < -0.3 is 14.6 Å². The molecule has 0 bridgehead atoms. The van der Waals surface area contributed by atoms with Gasteiger partial charge in [0, 0.05) is 19.6 Å². The summed E-state index contributed by atoms with van der Waals surface area (Å²) in [5.41, 5.74) is 0.437. The van der Waals surface area contributed by atoms with Crippen molar-refractivity contribution < 1.29 is 17.9 Å². The van der Waals surface area contributed by atoms with Crippen molar-refractivity contribution in [2.75, 3.05) is 13.2 Å². The van der Waals surface area contributed by atoms with Crippen molar-refractivity contribution in [3.8, 4) is 5.75 Å². The maximum Gasteiger partial charge on any atom is 0.269 e. The smallest absolute Gasteiger partial charge is 0.269 e. The molecule has 0 unspecified atom stereocenters. The molecule has 25 heavy (non-hydrogen) atoms. The van der Waals surface area contributed by atoms with Gasteiger partial charge in [-0.05, 0) is 18.6 Å². The zero-order chi connectivity index (χ0) is 17.6. The summed E-state index contributed by atoms with van der Waals surface area (Å²) in [5, 5.41) is 2.90. The number of imidazole rings is 1. The van der Waals surface area contributed by atoms with Crippen molar-refractivity contribution in [2.45, 2.75) is 23.4 Å². The van der Waals surface area contributed by atoms with Crippen LogP contribution in [-0.2, 0) is 17.1 Å². The molecule has 2 atom stereocenters. The highest BCUT2D eigenvalue weighted by Crippen LogP contribution is 2.35. The number of fused-ring (bicyclic) bond motifs is 2. The third kappa shape index (κ3) is 2.69. The summed E-state index contributed by atoms with van der Waals surface area (Å²) in [6, 6.07) is 6.08. The van der Waals surface area contributed by atoms with E-state index in [0.29, 0.717) is 17.9 Å². The van der Waals surface area contributed by atoms with Crippen molar-refractivity contribution in [1.82, 2.24) is 19.2 Å². The van der Waals surface area contributed by atoms with Crippen LogP contribution in [0.1, 0.15) is 16.9 Å². The van der Waals surface area contributed by atoms with E-state index in [1.807, 2.05) is 0 Å². The highest BCUT2D eigenvalue weighted by atomic mass is 32.2. The lowest BCUT2D eigenvalue weighted by molar-refractivity contribution is 0.0930. The average Bonchev–Trinajstić information content (AvgIpc) is 3.17. The molecule has 1 N–H and O–H groups in total. The van der Waals surface area contributed by atoms with Crippen molar-refractivity contribution in [3.63, 3.8) is 0 Å². The molecule has 0 saturated carbocycles. The number of nitrogens with one attached hydrogen (secondary N) is 1. The number of rotatable bonds is 2. The number of carbonyl (C=O) groups excluding carboxylic acids is 1. The van der Waals surface area contributed by atoms with Crippen molar-refractivity contribution in [2.24, 2.45) is 7.05 Å². The van der Waals surface area contributed by atoms with Gasteiger partial charge in [-0.3, -0.25) is 4.79 Å². The lowest BCUT2D eigenvalue weighted by Crippen LogP contribution is -2.39. The van der Waals surface area contributed by atoms with Crippen LogP contribution < -0.4 is 10.1 Å². The van der Waals surface area contributed by atoms with Crippen LogP contribution in [0.2, 0.25) is 0 Å². The van der Waals surface area contributed by atoms with Gasteiger partial charge in [0.2, 0.25) is 10.0 Å². The minimum atomic E-state index is -3.65. The molecule has 132 valence electrons. The van der Waals surface area contributed by atoms with E-state index in [0.717, 1.165) is 0 Å². The maximum atomic E-state index is 12.9. The van der Waals surface area contributed by atoms with E-state index >= 15 is 0 Å². The fourth-order valence-electron chi connectivity index (χ4n) is 3.37. The number of para-hydroxylation sites is 1. The predicted octanol–water partition coefficient (Wildman–Crippen LogP) is 0.374. The zero-order valence-electron chi connectivity index (χ0n) is 13.6. The molecule has 9 heteroatoms. The van der Waals surface area contributed by atoms with E-state index < -0.39 is 10.0 Å². The van der Waals surface area contributed by atoms with E-state index in [1.54, 1.807) is 42.2 Å². The Kier molecular flexibility index (Phi) is 3.77. The number of aromatic nitrogens is 2. The first-order chi connectivity index (χ1) is 12.0. The van der Waals surface area contributed by atoms with E-state index in [-0.39, 0.29) is 36.0 Å². The molecule has 2 aliphatic rings. The molecule has 1 amide bonds. The Bertz CT molecular complexity index is 924. The predicted molar refractivity (Wildman–Crippen MR) is 88.7 cm³/mol. The van der Waals surface area contributed by atoms with E-state index in [9.17, 15) is 13.2 Å². The number of aryl methyl sites for hydroxylation is 1. The van der Waals surface area contributed by atoms with E-state index in [4.69, 9.17) is 4.74 Å². The molecule has 4 rings (SSSR count). The summed E-state index contributed by atoms with van der Waals surface area (Å²) in [4.78, 5) is 16.4. The molecular weight excluding hydrogens is 344 g/mol. The molecular formula is C16H18N4O4S. The summed E-state index contributed by atoms with van der Waals surface area (Å²) in [6.07, 6.45) is 3.54. The average molecular weight is 362 g/mol. The van der Waals surface area contributed by atoms with Crippen LogP contribution in [0.15, 0.2) is 41.7 Å². The molecule has 1 saturated heterocycles. The van der Waals surface area contributed by atoms with Gasteiger partial charge in [0.15, 0.2) is 0 Å². The quantitative estimate of drug-likeness (QED) is 0.833. The Morgan fingerprint density at radius 3 is 2.92 bits per heavy atom. The highest BCUT2D eigenvalue weighted by molar-refractivity contribution is 7.89. The monoisotopic (exact) mass is 362 g/mol. The number of hydrogen-bond acceptors (Lipinski definition) is 5. The molecule has 3 heterocycles. The summed E-state index contributed by atoms with van der Waals surface area (Å²) in [5.74, 6) is 0.119. The maximum absolute atomic E-state index is 12.9. The van der Waals surface area contributed by atoms with Gasteiger partial charge in [-0.15, -0.1) is 0 Å². The molecule has 1 fully saturated rings. The van der Waals surface area contributed by atoms with Crippen LogP contribution >= 0.6 is 0 Å². The number of nitrogens with zero attached hydrogens (tertiary/aromatic N) is 3. The van der Waals surface area contributed by atoms with Gasteiger partial charge in [-0.1, -0.05) is 12.1 Å². The SMILES string of the molecule is Cn1cncc1C(=O)N[C@H]1C[C@H]2COc3ccccc3S(=O)(=O)N2C1. The first-order valence-electron chi connectivity index (χ1n) is 7.97. The lowest BCUT2D eigenvalue weighted by atomic mass is 10.2. The Hall–Kier alpha value is -2.39. The van der Waals surface area contributed by atoms with Gasteiger partial charge in [-0.25, -0.2) is 13.4 Å². The molecule has 0 aliphatic carbocycles. The summed E-state index contributed by atoms with van der Waals surface area (Å²) < 4.78 is 34.6. The number of ether oxygens (including phenoxy) is 1.